The van der Waals surface area contributed by atoms with E-state index in [9.17, 15) is 5.11 Å². The number of aromatic hydroxyl groups is 1. The average Bonchev–Trinajstić information content (AvgIpc) is 3.01. The molecule has 9 rings (SSSR count). The highest BCUT2D eigenvalue weighted by Gasteiger charge is 2.66. The van der Waals surface area contributed by atoms with Gasteiger partial charge in [-0.05, 0) is 78.9 Å². The third kappa shape index (κ3) is 2.22. The van der Waals surface area contributed by atoms with Crippen molar-refractivity contribution in [3.8, 4) is 39.1 Å². The Kier molecular flexibility index (Phi) is 3.87. The van der Waals surface area contributed by atoms with Crippen LogP contribution in [0.1, 0.15) is 33.4 Å². The number of hydrogen-bond acceptors (Lipinski definition) is 1. The highest BCUT2D eigenvalue weighted by atomic mass is 16.3. The van der Waals surface area contributed by atoms with Crippen LogP contribution in [0.5, 0.6) is 5.75 Å². The third-order valence-corrected chi connectivity index (χ3v) is 9.50. The molecule has 0 radical (unpaired) electrons. The van der Waals surface area contributed by atoms with E-state index in [4.69, 9.17) is 0 Å². The molecular formula is C38H24O. The van der Waals surface area contributed by atoms with Crippen molar-refractivity contribution in [2.45, 2.75) is 10.8 Å². The maximum absolute atomic E-state index is 10.8. The zero-order chi connectivity index (χ0) is 25.8. The van der Waals surface area contributed by atoms with Crippen LogP contribution in [0.2, 0.25) is 0 Å². The summed E-state index contributed by atoms with van der Waals surface area (Å²) in [6.45, 7) is 0. The lowest BCUT2D eigenvalue weighted by molar-refractivity contribution is 0.404. The summed E-state index contributed by atoms with van der Waals surface area (Å²) in [6, 6.07) is 50.9. The summed E-state index contributed by atoms with van der Waals surface area (Å²) in [5.74, 6) is 0.293. The normalized spacial score (nSPS) is 20.6. The molecule has 182 valence electrons. The molecule has 0 unspecified atom stereocenters. The van der Waals surface area contributed by atoms with Crippen LogP contribution in [0.4, 0.5) is 0 Å². The fraction of sp³-hybridized carbons (Fsp3) is 0.0526. The SMILES string of the molecule is Oc1ccc2c(c1)-c1ccccc1C13c4ccccc4-c4ccccc4C21c1ccccc1-c1ccccc13. The maximum Gasteiger partial charge on any atom is 0.116 e. The zero-order valence-corrected chi connectivity index (χ0v) is 21.2. The maximum atomic E-state index is 10.8. The van der Waals surface area contributed by atoms with Crippen LogP contribution >= 0.6 is 0 Å². The van der Waals surface area contributed by atoms with Gasteiger partial charge in [0.2, 0.25) is 0 Å². The average molecular weight is 497 g/mol. The molecule has 0 bridgehead atoms. The second kappa shape index (κ2) is 7.15. The van der Waals surface area contributed by atoms with Gasteiger partial charge in [-0.25, -0.2) is 0 Å². The van der Waals surface area contributed by atoms with Gasteiger partial charge in [-0.3, -0.25) is 0 Å². The largest absolute Gasteiger partial charge is 0.508 e. The molecule has 0 spiro atoms. The van der Waals surface area contributed by atoms with Crippen LogP contribution in [0.25, 0.3) is 33.4 Å². The van der Waals surface area contributed by atoms with Gasteiger partial charge in [-0.1, -0.05) is 127 Å². The molecule has 0 amide bonds. The summed E-state index contributed by atoms with van der Waals surface area (Å²) in [6.07, 6.45) is 0. The Morgan fingerprint density at radius 1 is 0.308 bits per heavy atom. The van der Waals surface area contributed by atoms with Crippen molar-refractivity contribution in [1.29, 1.82) is 0 Å². The van der Waals surface area contributed by atoms with Gasteiger partial charge >= 0.3 is 0 Å². The summed E-state index contributed by atoms with van der Waals surface area (Å²) >= 11 is 0. The van der Waals surface area contributed by atoms with Crippen LogP contribution in [0, 0.1) is 0 Å². The Balaban J connectivity index is 1.66. The van der Waals surface area contributed by atoms with E-state index in [1.807, 2.05) is 12.1 Å². The molecule has 3 aliphatic rings. The lowest BCUT2D eigenvalue weighted by Crippen LogP contribution is -2.58. The van der Waals surface area contributed by atoms with Crippen molar-refractivity contribution >= 4 is 0 Å². The highest BCUT2D eigenvalue weighted by molar-refractivity contribution is 5.98. The first-order valence-corrected chi connectivity index (χ1v) is 13.6. The molecule has 0 saturated carbocycles. The van der Waals surface area contributed by atoms with E-state index >= 15 is 0 Å². The Morgan fingerprint density at radius 2 is 0.590 bits per heavy atom. The number of phenols is 1. The number of hydrogen-bond donors (Lipinski definition) is 1. The predicted molar refractivity (Wildman–Crippen MR) is 157 cm³/mol. The molecule has 1 N–H and O–H groups in total. The van der Waals surface area contributed by atoms with Gasteiger partial charge in [-0.2, -0.15) is 0 Å². The fourth-order valence-electron chi connectivity index (χ4n) is 8.39. The van der Waals surface area contributed by atoms with E-state index in [1.165, 1.54) is 61.2 Å². The Morgan fingerprint density at radius 3 is 0.949 bits per heavy atom. The van der Waals surface area contributed by atoms with Gasteiger partial charge in [0.05, 0.1) is 10.8 Å². The lowest BCUT2D eigenvalue weighted by atomic mass is 9.38. The smallest absolute Gasteiger partial charge is 0.116 e. The second-order valence-corrected chi connectivity index (χ2v) is 11.0. The molecule has 39 heavy (non-hydrogen) atoms. The van der Waals surface area contributed by atoms with Gasteiger partial charge < -0.3 is 5.11 Å². The first-order valence-electron chi connectivity index (χ1n) is 13.6. The molecule has 3 aliphatic carbocycles. The van der Waals surface area contributed by atoms with Crippen LogP contribution in [0.3, 0.4) is 0 Å². The fourth-order valence-corrected chi connectivity index (χ4v) is 8.39. The van der Waals surface area contributed by atoms with Gasteiger partial charge in [0.25, 0.3) is 0 Å². The molecule has 6 aromatic carbocycles. The van der Waals surface area contributed by atoms with Crippen molar-refractivity contribution in [3.63, 3.8) is 0 Å². The van der Waals surface area contributed by atoms with Gasteiger partial charge in [0.1, 0.15) is 5.75 Å². The van der Waals surface area contributed by atoms with Crippen LogP contribution in [-0.4, -0.2) is 5.11 Å². The monoisotopic (exact) mass is 496 g/mol. The minimum Gasteiger partial charge on any atom is -0.508 e. The van der Waals surface area contributed by atoms with Crippen LogP contribution in [-0.2, 0) is 10.8 Å². The molecule has 0 saturated heterocycles. The quantitative estimate of drug-likeness (QED) is 0.223. The van der Waals surface area contributed by atoms with Crippen LogP contribution < -0.4 is 0 Å². The van der Waals surface area contributed by atoms with E-state index in [2.05, 4.69) is 127 Å². The molecule has 0 fully saturated rings. The second-order valence-electron chi connectivity index (χ2n) is 11.0. The number of rotatable bonds is 0. The van der Waals surface area contributed by atoms with Crippen molar-refractivity contribution in [3.05, 3.63) is 173 Å². The zero-order valence-electron chi connectivity index (χ0n) is 21.2. The summed E-state index contributed by atoms with van der Waals surface area (Å²) in [7, 11) is 0. The summed E-state index contributed by atoms with van der Waals surface area (Å²) in [4.78, 5) is 0. The van der Waals surface area contributed by atoms with Crippen molar-refractivity contribution in [2.24, 2.45) is 0 Å². The standard InChI is InChI=1S/C38H24O/c39-24-21-22-36-30(23-24)29-15-5-10-20-35(29)37-31-16-6-1-11-25(31)27-13-3-8-18-33(27)38(36,37)34-19-9-4-14-28(34)26-12-2-7-17-32(26)37/h1-23,39H. The van der Waals surface area contributed by atoms with Crippen molar-refractivity contribution in [1.82, 2.24) is 0 Å². The molecule has 1 nitrogen and oxygen atoms in total. The van der Waals surface area contributed by atoms with E-state index in [-0.39, 0.29) is 0 Å². The topological polar surface area (TPSA) is 20.2 Å². The molecule has 0 heterocycles. The summed E-state index contributed by atoms with van der Waals surface area (Å²) in [5, 5.41) is 10.8. The summed E-state index contributed by atoms with van der Waals surface area (Å²) < 4.78 is 0. The Labute approximate surface area is 227 Å². The predicted octanol–water partition coefficient (Wildman–Crippen LogP) is 8.70. The molecule has 0 atom stereocenters. The number of fused-ring (bicyclic) bond motifs is 9. The lowest BCUT2D eigenvalue weighted by Gasteiger charge is -2.62. The Bertz CT molecular complexity index is 1900. The number of phenolic OH excluding ortho intramolecular Hbond substituents is 1. The van der Waals surface area contributed by atoms with Gasteiger partial charge in [0.15, 0.2) is 0 Å². The first-order chi connectivity index (χ1) is 19.3. The first kappa shape index (κ1) is 21.1. The highest BCUT2D eigenvalue weighted by Crippen LogP contribution is 2.73. The minimum atomic E-state index is -0.541. The minimum absolute atomic E-state index is 0.293. The van der Waals surface area contributed by atoms with Crippen LogP contribution in [0.15, 0.2) is 140 Å². The van der Waals surface area contributed by atoms with E-state index < -0.39 is 10.8 Å². The van der Waals surface area contributed by atoms with Gasteiger partial charge in [0, 0.05) is 0 Å². The molecule has 1 heteroatoms. The van der Waals surface area contributed by atoms with Gasteiger partial charge in [-0.15, -0.1) is 0 Å². The third-order valence-electron chi connectivity index (χ3n) is 9.50. The van der Waals surface area contributed by atoms with E-state index in [0.29, 0.717) is 5.75 Å². The summed E-state index contributed by atoms with van der Waals surface area (Å²) in [5.41, 5.74) is 14.2. The molecule has 0 aromatic heterocycles. The molecule has 6 aromatic rings. The molecule has 0 aliphatic heterocycles. The van der Waals surface area contributed by atoms with Crippen molar-refractivity contribution in [2.75, 3.05) is 0 Å². The number of benzene rings is 6. The van der Waals surface area contributed by atoms with E-state index in [0.717, 1.165) is 5.56 Å². The Hall–Kier alpha value is -4.88. The molecular weight excluding hydrogens is 472 g/mol. The van der Waals surface area contributed by atoms with E-state index in [1.54, 1.807) is 0 Å². The van der Waals surface area contributed by atoms with Crippen molar-refractivity contribution < 1.29 is 5.11 Å².